The molecule has 1 aliphatic heterocycles. The Morgan fingerprint density at radius 2 is 1.95 bits per heavy atom. The van der Waals surface area contributed by atoms with Crippen LogP contribution in [0.2, 0.25) is 0 Å². The van der Waals surface area contributed by atoms with Gasteiger partial charge in [0, 0.05) is 13.0 Å². The van der Waals surface area contributed by atoms with Gasteiger partial charge in [0.05, 0.1) is 6.54 Å². The van der Waals surface area contributed by atoms with Crippen molar-refractivity contribution >= 4 is 0 Å². The first-order valence-corrected chi connectivity index (χ1v) is 8.05. The zero-order valence-corrected chi connectivity index (χ0v) is 11.9. The maximum absolute atomic E-state index is 4.33. The van der Waals surface area contributed by atoms with Gasteiger partial charge in [-0.2, -0.15) is 0 Å². The van der Waals surface area contributed by atoms with Gasteiger partial charge in [-0.25, -0.2) is 0 Å². The summed E-state index contributed by atoms with van der Waals surface area (Å²) in [5.74, 6) is 3.29. The Morgan fingerprint density at radius 3 is 2.84 bits per heavy atom. The lowest BCUT2D eigenvalue weighted by Gasteiger charge is -2.21. The van der Waals surface area contributed by atoms with Crippen LogP contribution < -0.4 is 5.32 Å². The average molecular weight is 262 g/mol. The van der Waals surface area contributed by atoms with Crippen LogP contribution in [0, 0.1) is 5.92 Å². The highest BCUT2D eigenvalue weighted by Gasteiger charge is 2.16. The summed E-state index contributed by atoms with van der Waals surface area (Å²) in [4.78, 5) is 0. The van der Waals surface area contributed by atoms with E-state index in [2.05, 4.69) is 20.1 Å². The van der Waals surface area contributed by atoms with Crippen molar-refractivity contribution in [2.75, 3.05) is 6.54 Å². The third kappa shape index (κ3) is 3.35. The normalized spacial score (nSPS) is 20.4. The zero-order chi connectivity index (χ0) is 12.9. The minimum Gasteiger partial charge on any atom is -0.314 e. The number of nitrogens with one attached hydrogen (secondary N) is 1. The van der Waals surface area contributed by atoms with E-state index in [1.165, 1.54) is 57.2 Å². The first-order valence-electron chi connectivity index (χ1n) is 8.05. The van der Waals surface area contributed by atoms with E-state index in [0.29, 0.717) is 0 Å². The summed E-state index contributed by atoms with van der Waals surface area (Å²) in [6.07, 6.45) is 12.2. The standard InChI is InChI=1S/C15H26N4/c1-2-6-13(7-3-1)9-10-16-12-15-18-17-14-8-4-5-11-19(14)15/h13,16H,1-12H2. The molecule has 2 aliphatic rings. The van der Waals surface area contributed by atoms with E-state index in [9.17, 15) is 0 Å². The van der Waals surface area contributed by atoms with Crippen LogP contribution in [0.15, 0.2) is 0 Å². The number of hydrogen-bond donors (Lipinski definition) is 1. The van der Waals surface area contributed by atoms with Crippen molar-refractivity contribution in [2.45, 2.75) is 70.9 Å². The summed E-state index contributed by atoms with van der Waals surface area (Å²) in [5.41, 5.74) is 0. The largest absolute Gasteiger partial charge is 0.314 e. The maximum Gasteiger partial charge on any atom is 0.147 e. The van der Waals surface area contributed by atoms with Gasteiger partial charge in [0.25, 0.3) is 0 Å². The number of aromatic nitrogens is 3. The van der Waals surface area contributed by atoms with E-state index < -0.39 is 0 Å². The van der Waals surface area contributed by atoms with Crippen molar-refractivity contribution < 1.29 is 0 Å². The molecule has 1 fully saturated rings. The van der Waals surface area contributed by atoms with E-state index in [-0.39, 0.29) is 0 Å². The van der Waals surface area contributed by atoms with Crippen LogP contribution in [0.4, 0.5) is 0 Å². The Hall–Kier alpha value is -0.900. The SMILES string of the molecule is C1CCC(CCNCc2nnc3n2CCCC3)CC1. The highest BCUT2D eigenvalue weighted by Crippen LogP contribution is 2.25. The molecule has 1 saturated carbocycles. The highest BCUT2D eigenvalue weighted by molar-refractivity contribution is 4.98. The average Bonchev–Trinajstić information content (AvgIpc) is 2.88. The Balaban J connectivity index is 1.41. The molecule has 0 spiro atoms. The molecule has 2 heterocycles. The van der Waals surface area contributed by atoms with Gasteiger partial charge in [-0.3, -0.25) is 0 Å². The van der Waals surface area contributed by atoms with Crippen molar-refractivity contribution in [3.8, 4) is 0 Å². The fraction of sp³-hybridized carbons (Fsp3) is 0.867. The molecule has 0 aromatic carbocycles. The van der Waals surface area contributed by atoms with Gasteiger partial charge < -0.3 is 9.88 Å². The van der Waals surface area contributed by atoms with Gasteiger partial charge in [-0.1, -0.05) is 32.1 Å². The topological polar surface area (TPSA) is 42.7 Å². The molecule has 1 N–H and O–H groups in total. The second-order valence-electron chi connectivity index (χ2n) is 6.11. The second kappa shape index (κ2) is 6.51. The van der Waals surface area contributed by atoms with Gasteiger partial charge in [-0.05, 0) is 31.7 Å². The summed E-state index contributed by atoms with van der Waals surface area (Å²) in [5, 5.41) is 12.2. The molecular formula is C15H26N4. The van der Waals surface area contributed by atoms with Crippen LogP contribution >= 0.6 is 0 Å². The summed E-state index contributed by atoms with van der Waals surface area (Å²) < 4.78 is 2.32. The van der Waals surface area contributed by atoms with Crippen molar-refractivity contribution in [1.29, 1.82) is 0 Å². The Bertz CT molecular complexity index is 393. The number of hydrogen-bond acceptors (Lipinski definition) is 3. The van der Waals surface area contributed by atoms with Gasteiger partial charge in [-0.15, -0.1) is 10.2 Å². The summed E-state index contributed by atoms with van der Waals surface area (Å²) >= 11 is 0. The molecule has 1 aliphatic carbocycles. The molecule has 1 aromatic rings. The minimum atomic E-state index is 0.889. The smallest absolute Gasteiger partial charge is 0.147 e. The third-order valence-electron chi connectivity index (χ3n) is 4.67. The van der Waals surface area contributed by atoms with Gasteiger partial charge in [0.2, 0.25) is 0 Å². The molecule has 4 nitrogen and oxygen atoms in total. The summed E-state index contributed by atoms with van der Waals surface area (Å²) in [6, 6.07) is 0. The van der Waals surface area contributed by atoms with E-state index in [1.807, 2.05) is 0 Å². The Labute approximate surface area is 116 Å². The van der Waals surface area contributed by atoms with Crippen LogP contribution in [0.3, 0.4) is 0 Å². The molecule has 3 rings (SSSR count). The Kier molecular flexibility index (Phi) is 4.49. The highest BCUT2D eigenvalue weighted by atomic mass is 15.3. The molecule has 106 valence electrons. The first-order chi connectivity index (χ1) is 9.43. The molecule has 0 atom stereocenters. The van der Waals surface area contributed by atoms with Crippen LogP contribution in [0.1, 0.15) is 63.0 Å². The fourth-order valence-electron chi connectivity index (χ4n) is 3.48. The molecule has 0 unspecified atom stereocenters. The van der Waals surface area contributed by atoms with Crippen LogP contribution in [-0.2, 0) is 19.5 Å². The lowest BCUT2D eigenvalue weighted by Crippen LogP contribution is -2.22. The van der Waals surface area contributed by atoms with Crippen LogP contribution in [0.5, 0.6) is 0 Å². The van der Waals surface area contributed by atoms with Crippen LogP contribution in [0.25, 0.3) is 0 Å². The van der Waals surface area contributed by atoms with Crippen molar-refractivity contribution in [3.63, 3.8) is 0 Å². The molecule has 0 bridgehead atoms. The van der Waals surface area contributed by atoms with Gasteiger partial charge in [0.1, 0.15) is 11.6 Å². The molecular weight excluding hydrogens is 236 g/mol. The van der Waals surface area contributed by atoms with Crippen molar-refractivity contribution in [2.24, 2.45) is 5.92 Å². The maximum atomic E-state index is 4.33. The number of fused-ring (bicyclic) bond motifs is 1. The predicted molar refractivity (Wildman–Crippen MR) is 75.9 cm³/mol. The van der Waals surface area contributed by atoms with E-state index in [1.54, 1.807) is 0 Å². The van der Waals surface area contributed by atoms with E-state index in [4.69, 9.17) is 0 Å². The van der Waals surface area contributed by atoms with Crippen molar-refractivity contribution in [1.82, 2.24) is 20.1 Å². The molecule has 19 heavy (non-hydrogen) atoms. The molecule has 4 heteroatoms. The van der Waals surface area contributed by atoms with Gasteiger partial charge in [0.15, 0.2) is 0 Å². The zero-order valence-electron chi connectivity index (χ0n) is 11.9. The van der Waals surface area contributed by atoms with E-state index >= 15 is 0 Å². The molecule has 0 radical (unpaired) electrons. The molecule has 0 saturated heterocycles. The quantitative estimate of drug-likeness (QED) is 0.830. The number of nitrogens with zero attached hydrogens (tertiary/aromatic N) is 3. The number of aryl methyl sites for hydroxylation is 1. The second-order valence-corrected chi connectivity index (χ2v) is 6.11. The fourth-order valence-corrected chi connectivity index (χ4v) is 3.48. The predicted octanol–water partition coefficient (Wildman–Crippen LogP) is 2.67. The lowest BCUT2D eigenvalue weighted by molar-refractivity contribution is 0.333. The minimum absolute atomic E-state index is 0.889. The molecule has 1 aromatic heterocycles. The first kappa shape index (κ1) is 13.1. The lowest BCUT2D eigenvalue weighted by atomic mass is 9.87. The van der Waals surface area contributed by atoms with E-state index in [0.717, 1.165) is 37.8 Å². The third-order valence-corrected chi connectivity index (χ3v) is 4.67. The molecule has 0 amide bonds. The van der Waals surface area contributed by atoms with Crippen molar-refractivity contribution in [3.05, 3.63) is 11.6 Å². The van der Waals surface area contributed by atoms with Crippen LogP contribution in [-0.4, -0.2) is 21.3 Å². The monoisotopic (exact) mass is 262 g/mol. The number of rotatable bonds is 5. The summed E-state index contributed by atoms with van der Waals surface area (Å²) in [7, 11) is 0. The summed E-state index contributed by atoms with van der Waals surface area (Å²) in [6.45, 7) is 3.13. The van der Waals surface area contributed by atoms with Gasteiger partial charge >= 0.3 is 0 Å². The Morgan fingerprint density at radius 1 is 1.05 bits per heavy atom.